The molecule has 3 aromatic carbocycles. The van der Waals surface area contributed by atoms with Gasteiger partial charge in [0.25, 0.3) is 11.6 Å². The topological polar surface area (TPSA) is 98.3 Å². The Hall–Kier alpha value is -4.00. The summed E-state index contributed by atoms with van der Waals surface area (Å²) < 4.78 is 5.88. The molecule has 1 aromatic heterocycles. The van der Waals surface area contributed by atoms with Gasteiger partial charge < -0.3 is 9.73 Å². The number of hydrogen-bond acceptors (Lipinski definition) is 5. The van der Waals surface area contributed by atoms with Crippen molar-refractivity contribution in [3.8, 4) is 11.5 Å². The van der Waals surface area contributed by atoms with Crippen LogP contribution >= 0.6 is 0 Å². The lowest BCUT2D eigenvalue weighted by Crippen LogP contribution is -2.11. The number of oxazole rings is 1. The first kappa shape index (κ1) is 18.4. The van der Waals surface area contributed by atoms with E-state index in [0.29, 0.717) is 22.7 Å². The summed E-state index contributed by atoms with van der Waals surface area (Å²) in [5.41, 5.74) is 5.33. The summed E-state index contributed by atoms with van der Waals surface area (Å²) in [5, 5.41) is 13.5. The first-order chi connectivity index (χ1) is 13.9. The summed E-state index contributed by atoms with van der Waals surface area (Å²) in [5.74, 6) is 0.109. The van der Waals surface area contributed by atoms with E-state index in [9.17, 15) is 14.9 Å². The van der Waals surface area contributed by atoms with Crippen LogP contribution in [0, 0.1) is 24.0 Å². The quantitative estimate of drug-likeness (QED) is 0.380. The van der Waals surface area contributed by atoms with Gasteiger partial charge in [-0.05, 0) is 67.4 Å². The molecule has 1 heterocycles. The van der Waals surface area contributed by atoms with E-state index in [0.717, 1.165) is 22.2 Å². The molecule has 1 N–H and O–H groups in total. The predicted molar refractivity (Wildman–Crippen MR) is 110 cm³/mol. The molecule has 0 aliphatic heterocycles. The molecule has 4 aromatic rings. The molecule has 4 rings (SSSR count). The number of nitro groups is 1. The molecule has 0 fully saturated rings. The maximum atomic E-state index is 12.4. The van der Waals surface area contributed by atoms with E-state index in [4.69, 9.17) is 4.42 Å². The van der Waals surface area contributed by atoms with Crippen LogP contribution in [-0.4, -0.2) is 15.8 Å². The van der Waals surface area contributed by atoms with Gasteiger partial charge in [-0.2, -0.15) is 0 Å². The zero-order valence-electron chi connectivity index (χ0n) is 15.8. The van der Waals surface area contributed by atoms with Crippen molar-refractivity contribution in [3.05, 3.63) is 87.5 Å². The van der Waals surface area contributed by atoms with E-state index in [-0.39, 0.29) is 11.6 Å². The summed E-state index contributed by atoms with van der Waals surface area (Å²) in [6, 6.07) is 16.6. The maximum Gasteiger partial charge on any atom is 0.269 e. The number of rotatable bonds is 4. The van der Waals surface area contributed by atoms with Gasteiger partial charge in [-0.3, -0.25) is 14.9 Å². The van der Waals surface area contributed by atoms with Crippen LogP contribution in [0.1, 0.15) is 21.5 Å². The SMILES string of the molecule is Cc1cc2nc(-c3cccc(NC(=O)c4ccc([N+](=O)[O-])cc4)c3)oc2cc1C. The van der Waals surface area contributed by atoms with Crippen molar-refractivity contribution in [2.24, 2.45) is 0 Å². The molecule has 1 amide bonds. The van der Waals surface area contributed by atoms with Crippen molar-refractivity contribution in [1.29, 1.82) is 0 Å². The second-order valence-corrected chi connectivity index (χ2v) is 6.76. The summed E-state index contributed by atoms with van der Waals surface area (Å²) in [6.45, 7) is 4.04. The van der Waals surface area contributed by atoms with Crippen molar-refractivity contribution in [1.82, 2.24) is 4.98 Å². The summed E-state index contributed by atoms with van der Waals surface area (Å²) in [7, 11) is 0. The number of aryl methyl sites for hydroxylation is 2. The number of fused-ring (bicyclic) bond motifs is 1. The number of non-ortho nitro benzene ring substituents is 1. The number of amides is 1. The molecule has 7 nitrogen and oxygen atoms in total. The van der Waals surface area contributed by atoms with E-state index in [2.05, 4.69) is 10.3 Å². The van der Waals surface area contributed by atoms with Crippen molar-refractivity contribution >= 4 is 28.4 Å². The van der Waals surface area contributed by atoms with Crippen LogP contribution in [0.5, 0.6) is 0 Å². The molecule has 0 aliphatic carbocycles. The number of carbonyl (C=O) groups excluding carboxylic acids is 1. The first-order valence-electron chi connectivity index (χ1n) is 8.95. The van der Waals surface area contributed by atoms with Gasteiger partial charge in [-0.25, -0.2) is 4.98 Å². The molecule has 29 heavy (non-hydrogen) atoms. The fraction of sp³-hybridized carbons (Fsp3) is 0.0909. The van der Waals surface area contributed by atoms with E-state index in [1.807, 2.05) is 32.0 Å². The second-order valence-electron chi connectivity index (χ2n) is 6.76. The third-order valence-electron chi connectivity index (χ3n) is 4.71. The molecule has 0 radical (unpaired) electrons. The Morgan fingerprint density at radius 1 is 1.03 bits per heavy atom. The third-order valence-corrected chi connectivity index (χ3v) is 4.71. The molecule has 0 aliphatic rings. The van der Waals surface area contributed by atoms with Crippen LogP contribution in [0.3, 0.4) is 0 Å². The highest BCUT2D eigenvalue weighted by Crippen LogP contribution is 2.28. The minimum atomic E-state index is -0.505. The van der Waals surface area contributed by atoms with Crippen LogP contribution in [0.15, 0.2) is 65.1 Å². The standard InChI is InChI=1S/C22H17N3O4/c1-13-10-19-20(11-14(13)2)29-22(24-19)16-4-3-5-17(12-16)23-21(26)15-6-8-18(9-7-15)25(27)28/h3-12H,1-2H3,(H,23,26). The van der Waals surface area contributed by atoms with Crippen LogP contribution in [0.2, 0.25) is 0 Å². The molecule has 0 atom stereocenters. The largest absolute Gasteiger partial charge is 0.436 e. The normalized spacial score (nSPS) is 10.8. The van der Waals surface area contributed by atoms with Gasteiger partial charge in [0.1, 0.15) is 5.52 Å². The highest BCUT2D eigenvalue weighted by atomic mass is 16.6. The number of aromatic nitrogens is 1. The zero-order valence-corrected chi connectivity index (χ0v) is 15.8. The maximum absolute atomic E-state index is 12.4. The monoisotopic (exact) mass is 387 g/mol. The summed E-state index contributed by atoms with van der Waals surface area (Å²) in [4.78, 5) is 27.2. The van der Waals surface area contributed by atoms with Crippen LogP contribution < -0.4 is 5.32 Å². The van der Waals surface area contributed by atoms with E-state index in [1.165, 1.54) is 24.3 Å². The minimum absolute atomic E-state index is 0.0648. The van der Waals surface area contributed by atoms with Crippen LogP contribution in [-0.2, 0) is 0 Å². The molecular formula is C22H17N3O4. The smallest absolute Gasteiger partial charge is 0.269 e. The molecule has 7 heteroatoms. The van der Waals surface area contributed by atoms with Gasteiger partial charge in [0.15, 0.2) is 5.58 Å². The fourth-order valence-corrected chi connectivity index (χ4v) is 2.97. The molecule has 0 saturated carbocycles. The van der Waals surface area contributed by atoms with E-state index in [1.54, 1.807) is 18.2 Å². The Kier molecular flexibility index (Phi) is 4.56. The summed E-state index contributed by atoms with van der Waals surface area (Å²) >= 11 is 0. The highest BCUT2D eigenvalue weighted by Gasteiger charge is 2.13. The number of hydrogen-bond donors (Lipinski definition) is 1. The Labute approximate surface area is 166 Å². The average Bonchev–Trinajstić information content (AvgIpc) is 3.11. The van der Waals surface area contributed by atoms with Crippen LogP contribution in [0.4, 0.5) is 11.4 Å². The number of anilines is 1. The van der Waals surface area contributed by atoms with Gasteiger partial charge in [-0.15, -0.1) is 0 Å². The fourth-order valence-electron chi connectivity index (χ4n) is 2.97. The first-order valence-corrected chi connectivity index (χ1v) is 8.95. The molecule has 0 unspecified atom stereocenters. The lowest BCUT2D eigenvalue weighted by molar-refractivity contribution is -0.384. The van der Waals surface area contributed by atoms with Crippen molar-refractivity contribution in [3.63, 3.8) is 0 Å². The lowest BCUT2D eigenvalue weighted by atomic mass is 10.1. The van der Waals surface area contributed by atoms with Crippen LogP contribution in [0.25, 0.3) is 22.6 Å². The lowest BCUT2D eigenvalue weighted by Gasteiger charge is -2.06. The number of nitro benzene ring substituents is 1. The van der Waals surface area contributed by atoms with E-state index >= 15 is 0 Å². The van der Waals surface area contributed by atoms with Crippen molar-refractivity contribution in [2.75, 3.05) is 5.32 Å². The van der Waals surface area contributed by atoms with E-state index < -0.39 is 4.92 Å². The number of nitrogens with one attached hydrogen (secondary N) is 1. The Morgan fingerprint density at radius 2 is 1.76 bits per heavy atom. The Bertz CT molecular complexity index is 1200. The number of nitrogens with zero attached hydrogens (tertiary/aromatic N) is 2. The number of carbonyl (C=O) groups is 1. The predicted octanol–water partition coefficient (Wildman–Crippen LogP) is 5.27. The van der Waals surface area contributed by atoms with Gasteiger partial charge in [0, 0.05) is 28.9 Å². The zero-order chi connectivity index (χ0) is 20.5. The second kappa shape index (κ2) is 7.20. The Morgan fingerprint density at radius 3 is 2.48 bits per heavy atom. The van der Waals surface area contributed by atoms with Gasteiger partial charge in [-0.1, -0.05) is 6.07 Å². The van der Waals surface area contributed by atoms with Crippen molar-refractivity contribution in [2.45, 2.75) is 13.8 Å². The molecule has 0 bridgehead atoms. The van der Waals surface area contributed by atoms with Gasteiger partial charge in [0.05, 0.1) is 4.92 Å². The van der Waals surface area contributed by atoms with Gasteiger partial charge in [0.2, 0.25) is 5.89 Å². The molecule has 0 saturated heterocycles. The molecule has 0 spiro atoms. The Balaban J connectivity index is 1.58. The van der Waals surface area contributed by atoms with Crippen molar-refractivity contribution < 1.29 is 14.1 Å². The third kappa shape index (κ3) is 3.70. The average molecular weight is 387 g/mol. The number of benzene rings is 3. The minimum Gasteiger partial charge on any atom is -0.436 e. The highest BCUT2D eigenvalue weighted by molar-refractivity contribution is 6.04. The molecule has 144 valence electrons. The molecular weight excluding hydrogens is 370 g/mol. The van der Waals surface area contributed by atoms with Gasteiger partial charge >= 0.3 is 0 Å². The summed E-state index contributed by atoms with van der Waals surface area (Å²) in [6.07, 6.45) is 0.